The third-order valence-corrected chi connectivity index (χ3v) is 6.71. The van der Waals surface area contributed by atoms with Crippen molar-refractivity contribution in [2.45, 2.75) is 32.7 Å². The van der Waals surface area contributed by atoms with Gasteiger partial charge in [-0.2, -0.15) is 22.1 Å². The van der Waals surface area contributed by atoms with Crippen LogP contribution in [0.5, 0.6) is 0 Å². The van der Waals surface area contributed by atoms with Crippen LogP contribution in [-0.4, -0.2) is 59.0 Å². The summed E-state index contributed by atoms with van der Waals surface area (Å²) >= 11 is 0. The van der Waals surface area contributed by atoms with Gasteiger partial charge in [0.05, 0.1) is 11.4 Å². The first kappa shape index (κ1) is 19.0. The molecule has 26 heavy (non-hydrogen) atoms. The van der Waals surface area contributed by atoms with E-state index in [9.17, 15) is 8.42 Å². The van der Waals surface area contributed by atoms with E-state index >= 15 is 0 Å². The van der Waals surface area contributed by atoms with E-state index in [2.05, 4.69) is 30.0 Å². The van der Waals surface area contributed by atoms with Gasteiger partial charge in [-0.25, -0.2) is 0 Å². The topological polar surface area (TPSA) is 71.3 Å². The lowest BCUT2D eigenvalue weighted by atomic mass is 10.00. The van der Waals surface area contributed by atoms with Gasteiger partial charge in [-0.1, -0.05) is 6.07 Å². The van der Waals surface area contributed by atoms with Gasteiger partial charge in [0.1, 0.15) is 0 Å². The molecule has 3 rings (SSSR count). The molecule has 0 aromatic carbocycles. The van der Waals surface area contributed by atoms with Crippen LogP contribution in [0.4, 0.5) is 0 Å². The highest BCUT2D eigenvalue weighted by Gasteiger charge is 2.32. The summed E-state index contributed by atoms with van der Waals surface area (Å²) in [7, 11) is -0.157. The molecule has 1 atom stereocenters. The normalized spacial score (nSPS) is 18.9. The molecule has 0 saturated carbocycles. The van der Waals surface area contributed by atoms with Crippen LogP contribution in [0, 0.1) is 5.92 Å². The maximum Gasteiger partial charge on any atom is 0.281 e. The van der Waals surface area contributed by atoms with Gasteiger partial charge < -0.3 is 0 Å². The van der Waals surface area contributed by atoms with Gasteiger partial charge in [-0.3, -0.25) is 9.67 Å². The highest BCUT2D eigenvalue weighted by molar-refractivity contribution is 7.86. The summed E-state index contributed by atoms with van der Waals surface area (Å²) in [5.41, 5.74) is 3.05. The van der Waals surface area contributed by atoms with Gasteiger partial charge in [-0.05, 0) is 50.3 Å². The predicted octanol–water partition coefficient (Wildman–Crippen LogP) is 2.20. The Morgan fingerprint density at radius 2 is 2.04 bits per heavy atom. The summed E-state index contributed by atoms with van der Waals surface area (Å²) in [4.78, 5) is 4.60. The number of pyridine rings is 1. The highest BCUT2D eigenvalue weighted by atomic mass is 32.2. The van der Waals surface area contributed by atoms with Gasteiger partial charge in [0, 0.05) is 45.6 Å². The largest absolute Gasteiger partial charge is 0.281 e. The Labute approximate surface area is 155 Å². The molecule has 1 aliphatic rings. The van der Waals surface area contributed by atoms with E-state index in [1.54, 1.807) is 24.6 Å². The zero-order chi connectivity index (χ0) is 18.9. The average molecular weight is 378 g/mol. The molecular formula is C18H27N5O2S. The summed E-state index contributed by atoms with van der Waals surface area (Å²) in [6.45, 7) is 5.35. The summed E-state index contributed by atoms with van der Waals surface area (Å²) in [5, 5.41) is 4.35. The monoisotopic (exact) mass is 377 g/mol. The first-order valence-corrected chi connectivity index (χ1v) is 10.3. The van der Waals surface area contributed by atoms with E-state index in [0.29, 0.717) is 19.0 Å². The third kappa shape index (κ3) is 3.82. The SMILES string of the molecule is CC(C)n1nccc1-c1ccc(C[C@H]2CCN(S(=O)(=O)N(C)C)C2)cn1. The van der Waals surface area contributed by atoms with Crippen molar-refractivity contribution in [3.05, 3.63) is 36.2 Å². The molecule has 0 bridgehead atoms. The summed E-state index contributed by atoms with van der Waals surface area (Å²) < 4.78 is 29.3. The second-order valence-corrected chi connectivity index (χ2v) is 9.46. The van der Waals surface area contributed by atoms with Crippen molar-refractivity contribution in [2.24, 2.45) is 5.92 Å². The number of hydrogen-bond donors (Lipinski definition) is 0. The second kappa shape index (κ2) is 7.46. The molecule has 0 N–H and O–H groups in total. The van der Waals surface area contributed by atoms with E-state index in [-0.39, 0.29) is 6.04 Å². The zero-order valence-corrected chi connectivity index (χ0v) is 16.6. The Morgan fingerprint density at radius 3 is 2.65 bits per heavy atom. The third-order valence-electron chi connectivity index (χ3n) is 4.81. The zero-order valence-electron chi connectivity index (χ0n) is 15.8. The van der Waals surface area contributed by atoms with Crippen LogP contribution in [0.2, 0.25) is 0 Å². The van der Waals surface area contributed by atoms with E-state index in [1.165, 1.54) is 4.31 Å². The molecule has 7 nitrogen and oxygen atoms in total. The minimum absolute atomic E-state index is 0.282. The molecule has 0 spiro atoms. The first-order chi connectivity index (χ1) is 12.3. The highest BCUT2D eigenvalue weighted by Crippen LogP contribution is 2.25. The van der Waals surface area contributed by atoms with Crippen molar-refractivity contribution in [3.8, 4) is 11.4 Å². The molecule has 1 aliphatic heterocycles. The van der Waals surface area contributed by atoms with Crippen LogP contribution in [0.15, 0.2) is 30.6 Å². The van der Waals surface area contributed by atoms with Gasteiger partial charge in [-0.15, -0.1) is 0 Å². The molecule has 0 aliphatic carbocycles. The van der Waals surface area contributed by atoms with Gasteiger partial charge in [0.2, 0.25) is 0 Å². The quantitative estimate of drug-likeness (QED) is 0.774. The predicted molar refractivity (Wildman–Crippen MR) is 102 cm³/mol. The maximum atomic E-state index is 12.2. The first-order valence-electron chi connectivity index (χ1n) is 8.95. The van der Waals surface area contributed by atoms with Gasteiger partial charge in [0.15, 0.2) is 0 Å². The smallest absolute Gasteiger partial charge is 0.261 e. The molecule has 0 unspecified atom stereocenters. The van der Waals surface area contributed by atoms with Crippen molar-refractivity contribution >= 4 is 10.2 Å². The van der Waals surface area contributed by atoms with Crippen molar-refractivity contribution in [2.75, 3.05) is 27.2 Å². The van der Waals surface area contributed by atoms with Gasteiger partial charge in [0.25, 0.3) is 10.2 Å². The fourth-order valence-corrected chi connectivity index (χ4v) is 4.56. The van der Waals surface area contributed by atoms with E-state index in [4.69, 9.17) is 0 Å². The van der Waals surface area contributed by atoms with Crippen LogP contribution < -0.4 is 0 Å². The van der Waals surface area contributed by atoms with Gasteiger partial charge >= 0.3 is 0 Å². The maximum absolute atomic E-state index is 12.2. The van der Waals surface area contributed by atoms with Crippen molar-refractivity contribution in [1.29, 1.82) is 0 Å². The lowest BCUT2D eigenvalue weighted by molar-refractivity contribution is 0.409. The minimum atomic E-state index is -3.31. The molecule has 1 saturated heterocycles. The lowest BCUT2D eigenvalue weighted by Gasteiger charge is -2.20. The number of nitrogens with zero attached hydrogens (tertiary/aromatic N) is 5. The summed E-state index contributed by atoms with van der Waals surface area (Å²) in [6.07, 6.45) is 5.42. The van der Waals surface area contributed by atoms with Crippen molar-refractivity contribution in [3.63, 3.8) is 0 Å². The average Bonchev–Trinajstić information content (AvgIpc) is 3.25. The molecule has 2 aromatic rings. The van der Waals surface area contributed by atoms with Crippen LogP contribution in [-0.2, 0) is 16.6 Å². The van der Waals surface area contributed by atoms with Crippen molar-refractivity contribution in [1.82, 2.24) is 23.4 Å². The lowest BCUT2D eigenvalue weighted by Crippen LogP contribution is -2.38. The number of aromatic nitrogens is 3. The van der Waals surface area contributed by atoms with Crippen LogP contribution in [0.25, 0.3) is 11.4 Å². The van der Waals surface area contributed by atoms with Crippen LogP contribution in [0.3, 0.4) is 0 Å². The molecule has 0 radical (unpaired) electrons. The Morgan fingerprint density at radius 1 is 1.27 bits per heavy atom. The summed E-state index contributed by atoms with van der Waals surface area (Å²) in [5.74, 6) is 0.332. The molecule has 3 heterocycles. The molecule has 142 valence electrons. The number of hydrogen-bond acceptors (Lipinski definition) is 4. The van der Waals surface area contributed by atoms with E-state index in [1.807, 2.05) is 23.0 Å². The van der Waals surface area contributed by atoms with E-state index in [0.717, 1.165) is 29.8 Å². The fraction of sp³-hybridized carbons (Fsp3) is 0.556. The van der Waals surface area contributed by atoms with Crippen LogP contribution in [0.1, 0.15) is 31.9 Å². The molecular weight excluding hydrogens is 350 g/mol. The van der Waals surface area contributed by atoms with Crippen LogP contribution >= 0.6 is 0 Å². The number of rotatable bonds is 6. The Hall–Kier alpha value is -1.77. The standard InChI is InChI=1S/C18H27N5O2S/c1-14(2)23-18(7-9-20-23)17-6-5-15(12-19-17)11-16-8-10-22(13-16)26(24,25)21(3)4/h5-7,9,12,14,16H,8,10-11,13H2,1-4H3/t16-/m1/s1. The molecule has 1 fully saturated rings. The van der Waals surface area contributed by atoms with E-state index < -0.39 is 10.2 Å². The Balaban J connectivity index is 1.66. The Bertz CT molecular complexity index is 843. The fourth-order valence-electron chi connectivity index (χ4n) is 3.36. The molecule has 2 aromatic heterocycles. The second-order valence-electron chi connectivity index (χ2n) is 7.31. The minimum Gasteiger partial charge on any atom is -0.261 e. The van der Waals surface area contributed by atoms with Crippen molar-refractivity contribution < 1.29 is 8.42 Å². The summed E-state index contributed by atoms with van der Waals surface area (Å²) in [6, 6.07) is 6.37. The molecule has 0 amide bonds. The molecule has 8 heteroatoms. The Kier molecular flexibility index (Phi) is 5.45.